The molecule has 0 atom stereocenters. The summed E-state index contributed by atoms with van der Waals surface area (Å²) in [6.45, 7) is 5.27. The van der Waals surface area contributed by atoms with Crippen LogP contribution < -0.4 is 10.1 Å². The van der Waals surface area contributed by atoms with Gasteiger partial charge in [-0.1, -0.05) is 12.1 Å². The van der Waals surface area contributed by atoms with Crippen LogP contribution in [-0.2, 0) is 13.1 Å². The molecule has 1 heterocycles. The summed E-state index contributed by atoms with van der Waals surface area (Å²) in [6.07, 6.45) is 0. The number of aryl methyl sites for hydroxylation is 1. The van der Waals surface area contributed by atoms with E-state index in [0.717, 1.165) is 28.4 Å². The number of anilines is 1. The third-order valence-electron chi connectivity index (χ3n) is 3.33. The molecule has 5 nitrogen and oxygen atoms in total. The average Bonchev–Trinajstić information content (AvgIpc) is 2.72. The molecule has 20 heavy (non-hydrogen) atoms. The maximum Gasteiger partial charge on any atom is 0.127 e. The van der Waals surface area contributed by atoms with Crippen molar-refractivity contribution in [2.75, 3.05) is 19.0 Å². The number of ether oxygens (including phenoxy) is 1. The van der Waals surface area contributed by atoms with Crippen molar-refractivity contribution in [3.63, 3.8) is 0 Å². The fraction of sp³-hybridized carbons (Fsp3) is 0.400. The van der Waals surface area contributed by atoms with Crippen LogP contribution >= 0.6 is 0 Å². The van der Waals surface area contributed by atoms with Crippen molar-refractivity contribution in [3.8, 4) is 5.75 Å². The molecule has 0 aliphatic heterocycles. The Hall–Kier alpha value is -2.01. The van der Waals surface area contributed by atoms with E-state index in [1.54, 1.807) is 7.11 Å². The number of aliphatic hydroxyl groups excluding tert-OH is 1. The van der Waals surface area contributed by atoms with Crippen LogP contribution in [-0.4, -0.2) is 28.6 Å². The van der Waals surface area contributed by atoms with Gasteiger partial charge in [-0.2, -0.15) is 5.10 Å². The number of hydrogen-bond acceptors (Lipinski definition) is 4. The predicted octanol–water partition coefficient (Wildman–Crippen LogP) is 2.11. The first kappa shape index (κ1) is 14.4. The lowest BCUT2D eigenvalue weighted by molar-refractivity contribution is 0.270. The Morgan fingerprint density at radius 2 is 2.15 bits per heavy atom. The Morgan fingerprint density at radius 3 is 2.85 bits per heavy atom. The Kier molecular flexibility index (Phi) is 4.63. The molecule has 1 aromatic carbocycles. The van der Waals surface area contributed by atoms with Crippen LogP contribution in [0.4, 0.5) is 5.82 Å². The third kappa shape index (κ3) is 3.11. The van der Waals surface area contributed by atoms with Gasteiger partial charge in [-0.25, -0.2) is 4.68 Å². The highest BCUT2D eigenvalue weighted by Gasteiger charge is 2.10. The number of hydrogen-bond donors (Lipinski definition) is 2. The summed E-state index contributed by atoms with van der Waals surface area (Å²) in [4.78, 5) is 0. The van der Waals surface area contributed by atoms with Crippen molar-refractivity contribution in [1.29, 1.82) is 0 Å². The molecule has 0 aliphatic rings. The maximum atomic E-state index is 9.09. The topological polar surface area (TPSA) is 59.3 Å². The van der Waals surface area contributed by atoms with Gasteiger partial charge in [0, 0.05) is 12.1 Å². The smallest absolute Gasteiger partial charge is 0.127 e. The Bertz CT molecular complexity index is 578. The van der Waals surface area contributed by atoms with Crippen molar-refractivity contribution in [1.82, 2.24) is 9.78 Å². The van der Waals surface area contributed by atoms with Gasteiger partial charge in [-0.05, 0) is 31.5 Å². The number of nitrogens with zero attached hydrogens (tertiary/aromatic N) is 2. The van der Waals surface area contributed by atoms with E-state index < -0.39 is 0 Å². The van der Waals surface area contributed by atoms with Crippen LogP contribution in [0, 0.1) is 13.8 Å². The van der Waals surface area contributed by atoms with Gasteiger partial charge in [0.15, 0.2) is 0 Å². The zero-order chi connectivity index (χ0) is 14.5. The molecule has 0 aliphatic carbocycles. The highest BCUT2D eigenvalue weighted by atomic mass is 16.5. The summed E-state index contributed by atoms with van der Waals surface area (Å²) in [5, 5.41) is 16.9. The number of nitrogens with one attached hydrogen (secondary N) is 1. The van der Waals surface area contributed by atoms with Crippen molar-refractivity contribution < 1.29 is 9.84 Å². The predicted molar refractivity (Wildman–Crippen MR) is 79.1 cm³/mol. The molecule has 5 heteroatoms. The van der Waals surface area contributed by atoms with Gasteiger partial charge >= 0.3 is 0 Å². The molecule has 0 fully saturated rings. The summed E-state index contributed by atoms with van der Waals surface area (Å²) in [7, 11) is 1.66. The number of aliphatic hydroxyl groups is 1. The van der Waals surface area contributed by atoms with Crippen molar-refractivity contribution in [2.24, 2.45) is 0 Å². The van der Waals surface area contributed by atoms with E-state index in [1.165, 1.54) is 0 Å². The van der Waals surface area contributed by atoms with Gasteiger partial charge in [0.05, 0.1) is 26.0 Å². The first-order valence-electron chi connectivity index (χ1n) is 6.67. The molecule has 0 radical (unpaired) electrons. The van der Waals surface area contributed by atoms with Gasteiger partial charge in [0.25, 0.3) is 0 Å². The van der Waals surface area contributed by atoms with E-state index in [2.05, 4.69) is 10.4 Å². The van der Waals surface area contributed by atoms with Crippen LogP contribution in [0.2, 0.25) is 0 Å². The molecular formula is C15H21N3O2. The summed E-state index contributed by atoms with van der Waals surface area (Å²) in [5.41, 5.74) is 3.23. The normalized spacial score (nSPS) is 10.6. The number of benzene rings is 1. The quantitative estimate of drug-likeness (QED) is 0.847. The van der Waals surface area contributed by atoms with Crippen LogP contribution in [0.3, 0.4) is 0 Å². The van der Waals surface area contributed by atoms with Crippen molar-refractivity contribution >= 4 is 5.82 Å². The molecule has 0 saturated carbocycles. The number of rotatable bonds is 6. The second kappa shape index (κ2) is 6.43. The monoisotopic (exact) mass is 275 g/mol. The molecule has 0 amide bonds. The molecule has 2 aromatic rings. The summed E-state index contributed by atoms with van der Waals surface area (Å²) < 4.78 is 7.03. The van der Waals surface area contributed by atoms with Gasteiger partial charge in [0.1, 0.15) is 11.6 Å². The molecule has 0 spiro atoms. The lowest BCUT2D eigenvalue weighted by Crippen LogP contribution is -2.11. The van der Waals surface area contributed by atoms with Crippen molar-refractivity contribution in [2.45, 2.75) is 26.9 Å². The first-order valence-corrected chi connectivity index (χ1v) is 6.67. The fourth-order valence-corrected chi connectivity index (χ4v) is 2.12. The third-order valence-corrected chi connectivity index (χ3v) is 3.33. The van der Waals surface area contributed by atoms with Gasteiger partial charge in [0.2, 0.25) is 0 Å². The Morgan fingerprint density at radius 1 is 1.35 bits per heavy atom. The highest BCUT2D eigenvalue weighted by Crippen LogP contribution is 2.20. The maximum absolute atomic E-state index is 9.09. The summed E-state index contributed by atoms with van der Waals surface area (Å²) in [6, 6.07) is 7.94. The largest absolute Gasteiger partial charge is 0.497 e. The SMILES string of the molecule is COc1cccc(CNc2c(C)c(C)nn2CCO)c1. The number of aromatic nitrogens is 2. The zero-order valence-corrected chi connectivity index (χ0v) is 12.2. The molecule has 0 saturated heterocycles. The Balaban J connectivity index is 2.13. The minimum Gasteiger partial charge on any atom is -0.497 e. The second-order valence-electron chi connectivity index (χ2n) is 4.71. The van der Waals surface area contributed by atoms with E-state index in [-0.39, 0.29) is 6.61 Å². The minimum atomic E-state index is 0.0778. The van der Waals surface area contributed by atoms with E-state index in [4.69, 9.17) is 9.84 Å². The van der Waals surface area contributed by atoms with Gasteiger partial charge in [-0.3, -0.25) is 0 Å². The average molecular weight is 275 g/mol. The Labute approximate surface area is 119 Å². The van der Waals surface area contributed by atoms with E-state index in [9.17, 15) is 0 Å². The first-order chi connectivity index (χ1) is 9.65. The van der Waals surface area contributed by atoms with Crippen molar-refractivity contribution in [3.05, 3.63) is 41.1 Å². The molecule has 108 valence electrons. The standard InChI is InChI=1S/C15H21N3O2/c1-11-12(2)17-18(7-8-19)15(11)16-10-13-5-4-6-14(9-13)20-3/h4-6,9,16,19H,7-8,10H2,1-3H3. The lowest BCUT2D eigenvalue weighted by atomic mass is 10.2. The van der Waals surface area contributed by atoms with Gasteiger partial charge in [-0.15, -0.1) is 0 Å². The van der Waals surface area contributed by atoms with E-state index in [1.807, 2.05) is 42.8 Å². The fourth-order valence-electron chi connectivity index (χ4n) is 2.12. The second-order valence-corrected chi connectivity index (χ2v) is 4.71. The van der Waals surface area contributed by atoms with Crippen LogP contribution in [0.1, 0.15) is 16.8 Å². The van der Waals surface area contributed by atoms with Crippen LogP contribution in [0.15, 0.2) is 24.3 Å². The number of methoxy groups -OCH3 is 1. The molecular weight excluding hydrogens is 254 g/mol. The molecule has 0 unspecified atom stereocenters. The molecule has 2 rings (SSSR count). The zero-order valence-electron chi connectivity index (χ0n) is 12.2. The summed E-state index contributed by atoms with van der Waals surface area (Å²) >= 11 is 0. The van der Waals surface area contributed by atoms with Gasteiger partial charge < -0.3 is 15.2 Å². The van der Waals surface area contributed by atoms with Crippen LogP contribution in [0.25, 0.3) is 0 Å². The highest BCUT2D eigenvalue weighted by molar-refractivity contribution is 5.47. The molecule has 1 aromatic heterocycles. The van der Waals surface area contributed by atoms with E-state index >= 15 is 0 Å². The molecule has 2 N–H and O–H groups in total. The minimum absolute atomic E-state index is 0.0778. The van der Waals surface area contributed by atoms with E-state index in [0.29, 0.717) is 13.1 Å². The molecule has 0 bridgehead atoms. The lowest BCUT2D eigenvalue weighted by Gasteiger charge is -2.11. The summed E-state index contributed by atoms with van der Waals surface area (Å²) in [5.74, 6) is 1.81. The van der Waals surface area contributed by atoms with Crippen LogP contribution in [0.5, 0.6) is 5.75 Å².